The average molecular weight is 356 g/mol. The second kappa shape index (κ2) is 8.89. The standard InChI is InChI=1S/C17H25N3O3.ClH/c1-12(2)11-14(18)17(23)20-9-7-19(8-10-20)16(22)13-5-3-4-6-15(13)21;/h3-6,12,14,21H,7-11,18H2,1-2H3;1H/t14-;/m0./s1. The summed E-state index contributed by atoms with van der Waals surface area (Å²) in [5, 5.41) is 9.78. The quantitative estimate of drug-likeness (QED) is 0.856. The van der Waals surface area contributed by atoms with Crippen LogP contribution in [0.5, 0.6) is 5.75 Å². The number of rotatable bonds is 4. The Kier molecular flexibility index (Phi) is 7.51. The van der Waals surface area contributed by atoms with Crippen molar-refractivity contribution in [2.75, 3.05) is 26.2 Å². The lowest BCUT2D eigenvalue weighted by Gasteiger charge is -2.36. The molecule has 0 bridgehead atoms. The molecule has 134 valence electrons. The van der Waals surface area contributed by atoms with Gasteiger partial charge in [-0.1, -0.05) is 26.0 Å². The fourth-order valence-electron chi connectivity index (χ4n) is 2.80. The van der Waals surface area contributed by atoms with Crippen LogP contribution in [-0.2, 0) is 4.79 Å². The number of hydrogen-bond acceptors (Lipinski definition) is 4. The van der Waals surface area contributed by atoms with Gasteiger partial charge < -0.3 is 20.6 Å². The summed E-state index contributed by atoms with van der Waals surface area (Å²) in [6.45, 7) is 5.93. The Morgan fingerprint density at radius 3 is 2.21 bits per heavy atom. The largest absolute Gasteiger partial charge is 0.507 e. The fourth-order valence-corrected chi connectivity index (χ4v) is 2.80. The number of nitrogens with zero attached hydrogens (tertiary/aromatic N) is 2. The van der Waals surface area contributed by atoms with Gasteiger partial charge in [-0.3, -0.25) is 9.59 Å². The number of hydrogen-bond donors (Lipinski definition) is 2. The van der Waals surface area contributed by atoms with Crippen molar-refractivity contribution in [1.29, 1.82) is 0 Å². The first-order valence-corrected chi connectivity index (χ1v) is 8.01. The molecule has 2 amide bonds. The van der Waals surface area contributed by atoms with Gasteiger partial charge in [0.15, 0.2) is 0 Å². The van der Waals surface area contributed by atoms with Crippen molar-refractivity contribution in [3.63, 3.8) is 0 Å². The molecule has 1 fully saturated rings. The average Bonchev–Trinajstić information content (AvgIpc) is 2.53. The molecule has 7 heteroatoms. The van der Waals surface area contributed by atoms with E-state index >= 15 is 0 Å². The van der Waals surface area contributed by atoms with Gasteiger partial charge in [-0.2, -0.15) is 0 Å². The van der Waals surface area contributed by atoms with Crippen molar-refractivity contribution < 1.29 is 14.7 Å². The summed E-state index contributed by atoms with van der Waals surface area (Å²) in [5.74, 6) is 0.0999. The van der Waals surface area contributed by atoms with Crippen molar-refractivity contribution in [3.8, 4) is 5.75 Å². The van der Waals surface area contributed by atoms with Crippen LogP contribution < -0.4 is 5.73 Å². The maximum absolute atomic E-state index is 12.4. The molecule has 1 atom stereocenters. The second-order valence-electron chi connectivity index (χ2n) is 6.37. The number of piperazine rings is 1. The maximum Gasteiger partial charge on any atom is 0.257 e. The molecule has 1 aromatic carbocycles. The summed E-state index contributed by atoms with van der Waals surface area (Å²) in [6.07, 6.45) is 0.663. The number of carbonyl (C=O) groups is 2. The number of halogens is 1. The molecule has 0 radical (unpaired) electrons. The van der Waals surface area contributed by atoms with Crippen LogP contribution >= 0.6 is 12.4 Å². The number of phenols is 1. The van der Waals surface area contributed by atoms with E-state index in [4.69, 9.17) is 5.73 Å². The van der Waals surface area contributed by atoms with Gasteiger partial charge in [0.25, 0.3) is 5.91 Å². The molecular weight excluding hydrogens is 330 g/mol. The first-order valence-electron chi connectivity index (χ1n) is 8.01. The Morgan fingerprint density at radius 1 is 1.12 bits per heavy atom. The Balaban J connectivity index is 0.00000288. The van der Waals surface area contributed by atoms with Gasteiger partial charge in [-0.05, 0) is 24.5 Å². The normalized spacial score (nSPS) is 15.8. The molecule has 3 N–H and O–H groups in total. The summed E-state index contributed by atoms with van der Waals surface area (Å²) < 4.78 is 0. The zero-order valence-corrected chi connectivity index (χ0v) is 15.0. The predicted octanol–water partition coefficient (Wildman–Crippen LogP) is 1.47. The molecule has 24 heavy (non-hydrogen) atoms. The monoisotopic (exact) mass is 355 g/mol. The van der Waals surface area contributed by atoms with Gasteiger partial charge in [0.2, 0.25) is 5.91 Å². The highest BCUT2D eigenvalue weighted by Crippen LogP contribution is 2.19. The molecule has 6 nitrogen and oxygen atoms in total. The van der Waals surface area contributed by atoms with Crippen LogP contribution in [0.2, 0.25) is 0 Å². The summed E-state index contributed by atoms with van der Waals surface area (Å²) in [7, 11) is 0. The third-order valence-corrected chi connectivity index (χ3v) is 4.06. The van der Waals surface area contributed by atoms with Gasteiger partial charge in [0.05, 0.1) is 11.6 Å². The highest BCUT2D eigenvalue weighted by atomic mass is 35.5. The van der Waals surface area contributed by atoms with Gasteiger partial charge in [-0.25, -0.2) is 0 Å². The highest BCUT2D eigenvalue weighted by molar-refractivity contribution is 5.97. The minimum atomic E-state index is -0.476. The number of phenolic OH excluding ortho intramolecular Hbond substituents is 1. The maximum atomic E-state index is 12.4. The first-order chi connectivity index (χ1) is 10.9. The van der Waals surface area contributed by atoms with Gasteiger partial charge >= 0.3 is 0 Å². The molecule has 1 aromatic rings. The fraction of sp³-hybridized carbons (Fsp3) is 0.529. The zero-order chi connectivity index (χ0) is 17.0. The van der Waals surface area contributed by atoms with E-state index in [1.807, 2.05) is 13.8 Å². The van der Waals surface area contributed by atoms with E-state index in [-0.39, 0.29) is 30.0 Å². The first kappa shape index (κ1) is 20.3. The van der Waals surface area contributed by atoms with Crippen LogP contribution in [-0.4, -0.2) is 58.9 Å². The third kappa shape index (κ3) is 4.85. The predicted molar refractivity (Wildman–Crippen MR) is 95.3 cm³/mol. The van der Waals surface area contributed by atoms with Crippen LogP contribution in [0.3, 0.4) is 0 Å². The van der Waals surface area contributed by atoms with E-state index in [1.54, 1.807) is 28.0 Å². The van der Waals surface area contributed by atoms with E-state index in [0.29, 0.717) is 44.1 Å². The van der Waals surface area contributed by atoms with Crippen LogP contribution in [0.25, 0.3) is 0 Å². The van der Waals surface area contributed by atoms with Crippen molar-refractivity contribution in [1.82, 2.24) is 9.80 Å². The van der Waals surface area contributed by atoms with Crippen molar-refractivity contribution in [2.45, 2.75) is 26.3 Å². The summed E-state index contributed by atoms with van der Waals surface area (Å²) in [4.78, 5) is 28.1. The Bertz CT molecular complexity index is 572. The summed E-state index contributed by atoms with van der Waals surface area (Å²) >= 11 is 0. The lowest BCUT2D eigenvalue weighted by Crippen LogP contribution is -2.54. The molecule has 0 unspecified atom stereocenters. The van der Waals surface area contributed by atoms with E-state index in [1.165, 1.54) is 6.07 Å². The van der Waals surface area contributed by atoms with Gasteiger partial charge in [-0.15, -0.1) is 12.4 Å². The second-order valence-corrected chi connectivity index (χ2v) is 6.37. The molecule has 1 aliphatic heterocycles. The smallest absolute Gasteiger partial charge is 0.257 e. The summed E-state index contributed by atoms with van der Waals surface area (Å²) in [6, 6.07) is 6.03. The molecule has 0 saturated carbocycles. The topological polar surface area (TPSA) is 86.9 Å². The van der Waals surface area contributed by atoms with E-state index in [2.05, 4.69) is 0 Å². The molecule has 1 saturated heterocycles. The zero-order valence-electron chi connectivity index (χ0n) is 14.1. The van der Waals surface area contributed by atoms with Crippen LogP contribution in [0.15, 0.2) is 24.3 Å². The Labute approximate surface area is 149 Å². The number of carbonyl (C=O) groups excluding carboxylic acids is 2. The minimum Gasteiger partial charge on any atom is -0.507 e. The summed E-state index contributed by atoms with van der Waals surface area (Å²) in [5.41, 5.74) is 6.24. The van der Waals surface area contributed by atoms with Crippen molar-refractivity contribution in [3.05, 3.63) is 29.8 Å². The number of benzene rings is 1. The molecule has 0 aromatic heterocycles. The lowest BCUT2D eigenvalue weighted by molar-refractivity contribution is -0.134. The SMILES string of the molecule is CC(C)C[C@H](N)C(=O)N1CCN(C(=O)c2ccccc2O)CC1.Cl. The van der Waals surface area contributed by atoms with E-state index < -0.39 is 6.04 Å². The highest BCUT2D eigenvalue weighted by Gasteiger charge is 2.28. The van der Waals surface area contributed by atoms with Crippen LogP contribution in [0.1, 0.15) is 30.6 Å². The third-order valence-electron chi connectivity index (χ3n) is 4.06. The number of amides is 2. The van der Waals surface area contributed by atoms with Crippen LogP contribution in [0, 0.1) is 5.92 Å². The Morgan fingerprint density at radius 2 is 1.67 bits per heavy atom. The van der Waals surface area contributed by atoms with Crippen molar-refractivity contribution in [2.24, 2.45) is 11.7 Å². The molecule has 0 spiro atoms. The van der Waals surface area contributed by atoms with E-state index in [0.717, 1.165) is 0 Å². The number of para-hydroxylation sites is 1. The van der Waals surface area contributed by atoms with Crippen molar-refractivity contribution >= 4 is 24.2 Å². The van der Waals surface area contributed by atoms with Gasteiger partial charge in [0, 0.05) is 26.2 Å². The molecule has 2 rings (SSSR count). The minimum absolute atomic E-state index is 0. The Hall–Kier alpha value is -1.79. The van der Waals surface area contributed by atoms with Gasteiger partial charge in [0.1, 0.15) is 5.75 Å². The number of nitrogens with two attached hydrogens (primary N) is 1. The molecular formula is C17H26ClN3O3. The molecule has 1 heterocycles. The van der Waals surface area contributed by atoms with E-state index in [9.17, 15) is 14.7 Å². The van der Waals surface area contributed by atoms with Crippen LogP contribution in [0.4, 0.5) is 0 Å². The molecule has 1 aliphatic rings. The number of aromatic hydroxyl groups is 1. The molecule has 0 aliphatic carbocycles. The lowest BCUT2D eigenvalue weighted by atomic mass is 10.0.